The van der Waals surface area contributed by atoms with Gasteiger partial charge < -0.3 is 15.5 Å². The summed E-state index contributed by atoms with van der Waals surface area (Å²) in [5, 5.41) is 0.528. The van der Waals surface area contributed by atoms with Gasteiger partial charge in [0.15, 0.2) is 5.13 Å². The summed E-state index contributed by atoms with van der Waals surface area (Å²) in [4.78, 5) is 20.2. The van der Waals surface area contributed by atoms with Crippen LogP contribution in [0.4, 0.5) is 5.13 Å². The molecule has 1 aromatic heterocycles. The Balaban J connectivity index is 2.16. The molecule has 0 unspecified atom stereocenters. The minimum absolute atomic E-state index is 0.00956. The molecule has 0 saturated carbocycles. The number of carbonyl (C=O) groups is 1. The van der Waals surface area contributed by atoms with Crippen molar-refractivity contribution in [2.45, 2.75) is 0 Å². The number of anilines is 1. The normalized spacial score (nSPS) is 11.2. The number of hydrogen-bond donors (Lipinski definition) is 1. The van der Waals surface area contributed by atoms with Gasteiger partial charge >= 0.3 is 0 Å². The molecule has 1 heterocycles. The average Bonchev–Trinajstić information content (AvgIpc) is 2.73. The molecule has 0 spiro atoms. The highest BCUT2D eigenvalue weighted by Gasteiger charge is 2.13. The van der Waals surface area contributed by atoms with Crippen molar-refractivity contribution in [3.05, 3.63) is 23.8 Å². The maximum atomic E-state index is 12.3. The second-order valence-corrected chi connectivity index (χ2v) is 5.83. The maximum absolute atomic E-state index is 12.3. The minimum Gasteiger partial charge on any atom is -0.375 e. The standard InChI is InChI=1S/C13H18N4OS/c1-16(2)6-7-17(3)12(18)9-4-5-11-10(8-9)15-13(14)19-11/h4-5,8H,6-7H2,1-3H3,(H2,14,15). The molecule has 19 heavy (non-hydrogen) atoms. The number of aromatic nitrogens is 1. The van der Waals surface area contributed by atoms with Crippen LogP contribution in [0.25, 0.3) is 10.2 Å². The van der Waals surface area contributed by atoms with Crippen molar-refractivity contribution in [3.63, 3.8) is 0 Å². The molecule has 2 N–H and O–H groups in total. The van der Waals surface area contributed by atoms with Crippen LogP contribution in [0.1, 0.15) is 10.4 Å². The van der Waals surface area contributed by atoms with E-state index in [1.165, 1.54) is 11.3 Å². The quantitative estimate of drug-likeness (QED) is 0.921. The SMILES string of the molecule is CN(C)CCN(C)C(=O)c1ccc2sc(N)nc2c1. The number of benzene rings is 1. The van der Waals surface area contributed by atoms with E-state index in [-0.39, 0.29) is 5.91 Å². The number of hydrogen-bond acceptors (Lipinski definition) is 5. The van der Waals surface area contributed by atoms with Crippen molar-refractivity contribution in [2.75, 3.05) is 40.0 Å². The van der Waals surface area contributed by atoms with Gasteiger partial charge in [-0.3, -0.25) is 4.79 Å². The Hall–Kier alpha value is -1.66. The van der Waals surface area contributed by atoms with Crippen molar-refractivity contribution in [1.29, 1.82) is 0 Å². The van der Waals surface area contributed by atoms with Crippen molar-refractivity contribution in [2.24, 2.45) is 0 Å². The first-order valence-corrected chi connectivity index (χ1v) is 6.85. The van der Waals surface area contributed by atoms with Gasteiger partial charge in [-0.1, -0.05) is 11.3 Å². The summed E-state index contributed by atoms with van der Waals surface area (Å²) in [5.74, 6) is 0.00956. The molecule has 0 atom stereocenters. The van der Waals surface area contributed by atoms with E-state index in [2.05, 4.69) is 4.98 Å². The molecule has 1 aromatic carbocycles. The van der Waals surface area contributed by atoms with Gasteiger partial charge in [0.2, 0.25) is 0 Å². The monoisotopic (exact) mass is 278 g/mol. The molecular formula is C13H18N4OS. The Morgan fingerprint density at radius 1 is 1.32 bits per heavy atom. The van der Waals surface area contributed by atoms with E-state index in [1.807, 2.05) is 38.2 Å². The molecule has 0 fully saturated rings. The summed E-state index contributed by atoms with van der Waals surface area (Å²) < 4.78 is 1.00. The van der Waals surface area contributed by atoms with Gasteiger partial charge in [-0.15, -0.1) is 0 Å². The molecular weight excluding hydrogens is 260 g/mol. The van der Waals surface area contributed by atoms with Crippen LogP contribution in [0, 0.1) is 0 Å². The van der Waals surface area contributed by atoms with Gasteiger partial charge in [-0.2, -0.15) is 0 Å². The molecule has 0 bridgehead atoms. The molecule has 0 aliphatic carbocycles. The third kappa shape index (κ3) is 3.21. The molecule has 0 aliphatic heterocycles. The van der Waals surface area contributed by atoms with E-state index in [0.717, 1.165) is 16.8 Å². The summed E-state index contributed by atoms with van der Waals surface area (Å²) in [6.07, 6.45) is 0. The average molecular weight is 278 g/mol. The van der Waals surface area contributed by atoms with Crippen molar-refractivity contribution < 1.29 is 4.79 Å². The van der Waals surface area contributed by atoms with E-state index in [9.17, 15) is 4.79 Å². The number of rotatable bonds is 4. The fourth-order valence-electron chi connectivity index (χ4n) is 1.75. The van der Waals surface area contributed by atoms with Crippen molar-refractivity contribution in [1.82, 2.24) is 14.8 Å². The Morgan fingerprint density at radius 2 is 2.05 bits per heavy atom. The number of nitrogens with zero attached hydrogens (tertiary/aromatic N) is 3. The summed E-state index contributed by atoms with van der Waals surface area (Å²) in [6, 6.07) is 5.53. The second kappa shape index (κ2) is 5.54. The molecule has 2 rings (SSSR count). The molecule has 1 amide bonds. The first-order valence-electron chi connectivity index (χ1n) is 6.03. The molecule has 6 heteroatoms. The van der Waals surface area contributed by atoms with Crippen LogP contribution in [0.5, 0.6) is 0 Å². The zero-order chi connectivity index (χ0) is 14.0. The van der Waals surface area contributed by atoms with E-state index >= 15 is 0 Å². The highest BCUT2D eigenvalue weighted by molar-refractivity contribution is 7.22. The van der Waals surface area contributed by atoms with Gasteiger partial charge in [0.25, 0.3) is 5.91 Å². The molecule has 5 nitrogen and oxygen atoms in total. The Morgan fingerprint density at radius 3 is 2.74 bits per heavy atom. The van der Waals surface area contributed by atoms with Gasteiger partial charge in [0.1, 0.15) is 0 Å². The number of nitrogens with two attached hydrogens (primary N) is 1. The lowest BCUT2D eigenvalue weighted by atomic mass is 10.2. The van der Waals surface area contributed by atoms with Crippen molar-refractivity contribution >= 4 is 32.6 Å². The van der Waals surface area contributed by atoms with Gasteiger partial charge in [0, 0.05) is 25.7 Å². The zero-order valence-corrected chi connectivity index (χ0v) is 12.2. The number of thiazole rings is 1. The van der Waals surface area contributed by atoms with Crippen LogP contribution in [0.3, 0.4) is 0 Å². The van der Waals surface area contributed by atoms with E-state index < -0.39 is 0 Å². The number of carbonyl (C=O) groups excluding carboxylic acids is 1. The predicted molar refractivity (Wildman–Crippen MR) is 79.5 cm³/mol. The number of amides is 1. The van der Waals surface area contributed by atoms with E-state index in [0.29, 0.717) is 17.2 Å². The highest BCUT2D eigenvalue weighted by Crippen LogP contribution is 2.24. The van der Waals surface area contributed by atoms with Crippen LogP contribution in [-0.2, 0) is 0 Å². The van der Waals surface area contributed by atoms with Crippen molar-refractivity contribution in [3.8, 4) is 0 Å². The van der Waals surface area contributed by atoms with Gasteiger partial charge in [0.05, 0.1) is 10.2 Å². The third-order valence-electron chi connectivity index (χ3n) is 2.88. The zero-order valence-electron chi connectivity index (χ0n) is 11.4. The lowest BCUT2D eigenvalue weighted by Gasteiger charge is -2.19. The fourth-order valence-corrected chi connectivity index (χ4v) is 2.46. The molecule has 0 aliphatic rings. The number of fused-ring (bicyclic) bond motifs is 1. The van der Waals surface area contributed by atoms with Gasteiger partial charge in [-0.25, -0.2) is 4.98 Å². The van der Waals surface area contributed by atoms with Crippen LogP contribution in [0.15, 0.2) is 18.2 Å². The Bertz CT molecular complexity index is 593. The minimum atomic E-state index is 0.00956. The Labute approximate surface area is 116 Å². The van der Waals surface area contributed by atoms with E-state index in [4.69, 9.17) is 5.73 Å². The second-order valence-electron chi connectivity index (χ2n) is 4.76. The largest absolute Gasteiger partial charge is 0.375 e. The van der Waals surface area contributed by atoms with E-state index in [1.54, 1.807) is 11.0 Å². The lowest BCUT2D eigenvalue weighted by Crippen LogP contribution is -2.33. The first-order chi connectivity index (χ1) is 8.97. The summed E-state index contributed by atoms with van der Waals surface area (Å²) in [6.45, 7) is 1.54. The molecule has 0 radical (unpaired) electrons. The van der Waals surface area contributed by atoms with Crippen LogP contribution >= 0.6 is 11.3 Å². The highest BCUT2D eigenvalue weighted by atomic mass is 32.1. The summed E-state index contributed by atoms with van der Waals surface area (Å²) in [5.41, 5.74) is 7.10. The predicted octanol–water partition coefficient (Wildman–Crippen LogP) is 1.51. The molecule has 102 valence electrons. The Kier molecular flexibility index (Phi) is 4.01. The van der Waals surface area contributed by atoms with Gasteiger partial charge in [-0.05, 0) is 32.3 Å². The van der Waals surface area contributed by atoms with Crippen LogP contribution in [0.2, 0.25) is 0 Å². The number of nitrogen functional groups attached to an aromatic ring is 1. The van der Waals surface area contributed by atoms with Crippen LogP contribution in [-0.4, -0.2) is 54.9 Å². The number of likely N-dealkylation sites (N-methyl/N-ethyl adjacent to an activating group) is 2. The smallest absolute Gasteiger partial charge is 0.253 e. The maximum Gasteiger partial charge on any atom is 0.253 e. The lowest BCUT2D eigenvalue weighted by molar-refractivity contribution is 0.0786. The first kappa shape index (κ1) is 13.8. The van der Waals surface area contributed by atoms with Crippen LogP contribution < -0.4 is 5.73 Å². The summed E-state index contributed by atoms with van der Waals surface area (Å²) in [7, 11) is 5.79. The topological polar surface area (TPSA) is 62.5 Å². The fraction of sp³-hybridized carbons (Fsp3) is 0.385. The molecule has 0 saturated heterocycles. The third-order valence-corrected chi connectivity index (χ3v) is 3.75. The molecule has 2 aromatic rings. The summed E-state index contributed by atoms with van der Waals surface area (Å²) >= 11 is 1.43.